The highest BCUT2D eigenvalue weighted by molar-refractivity contribution is 5.95. The van der Waals surface area contributed by atoms with Gasteiger partial charge in [0.25, 0.3) is 11.6 Å². The molecule has 0 aromatic heterocycles. The summed E-state index contributed by atoms with van der Waals surface area (Å²) in [4.78, 5) is 24.2. The number of rotatable bonds is 2. The number of fused-ring (bicyclic) bond motifs is 1. The van der Waals surface area contributed by atoms with E-state index in [0.29, 0.717) is 25.0 Å². The summed E-state index contributed by atoms with van der Waals surface area (Å²) >= 11 is 0. The minimum atomic E-state index is -0.759. The molecule has 3 rings (SSSR count). The van der Waals surface area contributed by atoms with Crippen LogP contribution in [0, 0.1) is 21.8 Å². The number of carbonyl (C=O) groups is 1. The van der Waals surface area contributed by atoms with Gasteiger partial charge >= 0.3 is 0 Å². The van der Waals surface area contributed by atoms with Crippen molar-refractivity contribution in [2.45, 2.75) is 18.9 Å². The average molecular weight is 330 g/mol. The highest BCUT2D eigenvalue weighted by Gasteiger charge is 2.34. The standard InChI is InChI=1S/C14H16FN3O3.ClH/c15-11-5-10(6-12(7-11)18(20)21)14(19)17-4-2-13-9(8-17)1-3-16-13;/h5-7,9,13,16H,1-4,8H2;1H. The van der Waals surface area contributed by atoms with E-state index in [-0.39, 0.29) is 23.9 Å². The number of nitro groups is 1. The van der Waals surface area contributed by atoms with Crippen LogP contribution >= 0.6 is 12.4 Å². The molecule has 0 radical (unpaired) electrons. The van der Waals surface area contributed by atoms with Gasteiger partial charge in [0.15, 0.2) is 0 Å². The number of hydrogen-bond acceptors (Lipinski definition) is 4. The average Bonchev–Trinajstić information content (AvgIpc) is 2.93. The number of halogens is 2. The zero-order valence-corrected chi connectivity index (χ0v) is 12.6. The molecule has 1 N–H and O–H groups in total. The van der Waals surface area contributed by atoms with Gasteiger partial charge in [-0.2, -0.15) is 0 Å². The summed E-state index contributed by atoms with van der Waals surface area (Å²) in [6.07, 6.45) is 1.89. The van der Waals surface area contributed by atoms with E-state index in [2.05, 4.69) is 5.32 Å². The third kappa shape index (κ3) is 3.20. The Kier molecular flexibility index (Phi) is 4.97. The molecule has 0 saturated carbocycles. The van der Waals surface area contributed by atoms with Crippen molar-refractivity contribution in [3.8, 4) is 0 Å². The molecule has 2 aliphatic heterocycles. The lowest BCUT2D eigenvalue weighted by Crippen LogP contribution is -2.46. The first-order chi connectivity index (χ1) is 10.0. The number of non-ortho nitro benzene ring substituents is 1. The van der Waals surface area contributed by atoms with Gasteiger partial charge in [-0.15, -0.1) is 12.4 Å². The van der Waals surface area contributed by atoms with E-state index in [1.54, 1.807) is 4.90 Å². The summed E-state index contributed by atoms with van der Waals surface area (Å²) in [5.41, 5.74) is -0.345. The molecule has 120 valence electrons. The molecule has 6 nitrogen and oxygen atoms in total. The lowest BCUT2D eigenvalue weighted by Gasteiger charge is -2.34. The Morgan fingerprint density at radius 1 is 1.36 bits per heavy atom. The number of carbonyl (C=O) groups excluding carboxylic acids is 1. The van der Waals surface area contributed by atoms with Crippen LogP contribution in [-0.4, -0.2) is 41.4 Å². The highest BCUT2D eigenvalue weighted by Crippen LogP contribution is 2.26. The van der Waals surface area contributed by atoms with Crippen LogP contribution in [0.1, 0.15) is 23.2 Å². The van der Waals surface area contributed by atoms with Crippen molar-refractivity contribution in [2.24, 2.45) is 5.92 Å². The molecular weight excluding hydrogens is 313 g/mol. The van der Waals surface area contributed by atoms with Gasteiger partial charge in [-0.05, 0) is 31.4 Å². The second-order valence-electron chi connectivity index (χ2n) is 5.60. The van der Waals surface area contributed by atoms with Crippen LogP contribution in [-0.2, 0) is 0 Å². The van der Waals surface area contributed by atoms with Gasteiger partial charge in [-0.3, -0.25) is 14.9 Å². The largest absolute Gasteiger partial charge is 0.338 e. The molecule has 1 amide bonds. The van der Waals surface area contributed by atoms with E-state index in [1.165, 1.54) is 0 Å². The zero-order chi connectivity index (χ0) is 15.0. The van der Waals surface area contributed by atoms with Crippen molar-refractivity contribution in [3.63, 3.8) is 0 Å². The summed E-state index contributed by atoms with van der Waals surface area (Å²) in [5, 5.41) is 14.2. The van der Waals surface area contributed by atoms with Gasteiger partial charge in [-0.1, -0.05) is 0 Å². The predicted octanol–water partition coefficient (Wildman–Crippen LogP) is 1.98. The lowest BCUT2D eigenvalue weighted by atomic mass is 9.93. The van der Waals surface area contributed by atoms with Crippen LogP contribution in [0.2, 0.25) is 0 Å². The van der Waals surface area contributed by atoms with Crippen LogP contribution in [0.3, 0.4) is 0 Å². The van der Waals surface area contributed by atoms with Crippen LogP contribution in [0.5, 0.6) is 0 Å². The minimum absolute atomic E-state index is 0. The van der Waals surface area contributed by atoms with E-state index < -0.39 is 16.4 Å². The topological polar surface area (TPSA) is 75.5 Å². The van der Waals surface area contributed by atoms with Gasteiger partial charge in [0.1, 0.15) is 5.82 Å². The van der Waals surface area contributed by atoms with Gasteiger partial charge < -0.3 is 10.2 Å². The maximum Gasteiger partial charge on any atom is 0.273 e. The number of amides is 1. The fourth-order valence-electron chi connectivity index (χ4n) is 3.22. The molecule has 0 aliphatic carbocycles. The van der Waals surface area contributed by atoms with E-state index in [4.69, 9.17) is 0 Å². The maximum atomic E-state index is 13.4. The molecule has 1 aromatic rings. The Hall–Kier alpha value is -1.73. The van der Waals surface area contributed by atoms with Crippen molar-refractivity contribution >= 4 is 24.0 Å². The van der Waals surface area contributed by atoms with Crippen LogP contribution in [0.25, 0.3) is 0 Å². The van der Waals surface area contributed by atoms with Gasteiger partial charge in [0.2, 0.25) is 0 Å². The van der Waals surface area contributed by atoms with Crippen LogP contribution < -0.4 is 5.32 Å². The van der Waals surface area contributed by atoms with E-state index in [0.717, 1.165) is 37.6 Å². The molecule has 8 heteroatoms. The normalized spacial score (nSPS) is 23.6. The molecule has 2 unspecified atom stereocenters. The fraction of sp³-hybridized carbons (Fsp3) is 0.500. The van der Waals surface area contributed by atoms with Gasteiger partial charge in [-0.25, -0.2) is 4.39 Å². The molecule has 1 aromatic carbocycles. The summed E-state index contributed by atoms with van der Waals surface area (Å²) in [5.74, 6) is -0.667. The Labute approximate surface area is 133 Å². The first-order valence-corrected chi connectivity index (χ1v) is 7.02. The second kappa shape index (κ2) is 6.58. The molecular formula is C14H17ClFN3O3. The number of benzene rings is 1. The predicted molar refractivity (Wildman–Crippen MR) is 80.7 cm³/mol. The van der Waals surface area contributed by atoms with E-state index in [1.807, 2.05) is 0 Å². The Morgan fingerprint density at radius 2 is 2.14 bits per heavy atom. The number of nitrogens with zero attached hydrogens (tertiary/aromatic N) is 2. The van der Waals surface area contributed by atoms with Crippen molar-refractivity contribution in [2.75, 3.05) is 19.6 Å². The van der Waals surface area contributed by atoms with E-state index in [9.17, 15) is 19.3 Å². The fourth-order valence-corrected chi connectivity index (χ4v) is 3.22. The number of piperidine rings is 1. The molecule has 2 fully saturated rings. The zero-order valence-electron chi connectivity index (χ0n) is 11.8. The SMILES string of the molecule is Cl.O=C(c1cc(F)cc([N+](=O)[O-])c1)N1CCC2NCCC2C1. The Morgan fingerprint density at radius 3 is 2.86 bits per heavy atom. The lowest BCUT2D eigenvalue weighted by molar-refractivity contribution is -0.385. The van der Waals surface area contributed by atoms with Crippen molar-refractivity contribution in [1.29, 1.82) is 0 Å². The molecule has 2 saturated heterocycles. The third-order valence-corrected chi connectivity index (χ3v) is 4.28. The molecule has 2 atom stereocenters. The first-order valence-electron chi connectivity index (χ1n) is 7.02. The molecule has 0 bridgehead atoms. The number of likely N-dealkylation sites (tertiary alicyclic amines) is 1. The number of nitro benzene ring substituents is 1. The van der Waals surface area contributed by atoms with Crippen LogP contribution in [0.15, 0.2) is 18.2 Å². The minimum Gasteiger partial charge on any atom is -0.338 e. The molecule has 22 heavy (non-hydrogen) atoms. The van der Waals surface area contributed by atoms with Crippen LogP contribution in [0.4, 0.5) is 10.1 Å². The monoisotopic (exact) mass is 329 g/mol. The van der Waals surface area contributed by atoms with Gasteiger partial charge in [0, 0.05) is 30.8 Å². The summed E-state index contributed by atoms with van der Waals surface area (Å²) in [6, 6.07) is 3.48. The summed E-state index contributed by atoms with van der Waals surface area (Å²) < 4.78 is 13.4. The highest BCUT2D eigenvalue weighted by atomic mass is 35.5. The Bertz CT molecular complexity index is 599. The van der Waals surface area contributed by atoms with Crippen molar-refractivity contribution in [1.82, 2.24) is 10.2 Å². The number of hydrogen-bond donors (Lipinski definition) is 1. The Balaban J connectivity index is 0.00000176. The second-order valence-corrected chi connectivity index (χ2v) is 5.60. The van der Waals surface area contributed by atoms with Crippen molar-refractivity contribution in [3.05, 3.63) is 39.7 Å². The summed E-state index contributed by atoms with van der Waals surface area (Å²) in [6.45, 7) is 2.18. The maximum absolute atomic E-state index is 13.4. The van der Waals surface area contributed by atoms with E-state index >= 15 is 0 Å². The number of nitrogens with one attached hydrogen (secondary N) is 1. The first kappa shape index (κ1) is 16.6. The molecule has 2 aliphatic rings. The third-order valence-electron chi connectivity index (χ3n) is 4.28. The summed E-state index contributed by atoms with van der Waals surface area (Å²) in [7, 11) is 0. The smallest absolute Gasteiger partial charge is 0.273 e. The van der Waals surface area contributed by atoms with Gasteiger partial charge in [0.05, 0.1) is 11.0 Å². The quantitative estimate of drug-likeness (QED) is 0.665. The van der Waals surface area contributed by atoms with Crippen molar-refractivity contribution < 1.29 is 14.1 Å². The molecule has 0 spiro atoms. The molecule has 2 heterocycles.